The molecular formula is C33H65NO6. The Morgan fingerprint density at radius 2 is 1.20 bits per heavy atom. The molecule has 0 aliphatic carbocycles. The van der Waals surface area contributed by atoms with Crippen LogP contribution in [0, 0.1) is 0 Å². The highest BCUT2D eigenvalue weighted by molar-refractivity contribution is 5.69. The van der Waals surface area contributed by atoms with Gasteiger partial charge in [0, 0.05) is 33.1 Å². The van der Waals surface area contributed by atoms with Crippen molar-refractivity contribution in [3.8, 4) is 0 Å². The fourth-order valence-electron chi connectivity index (χ4n) is 4.72. The molecule has 0 saturated carbocycles. The molecule has 0 aromatic rings. The summed E-state index contributed by atoms with van der Waals surface area (Å²) < 4.78 is 21.5. The molecule has 0 heterocycles. The summed E-state index contributed by atoms with van der Waals surface area (Å²) in [5.74, 6) is -0.152. The molecule has 1 unspecified atom stereocenters. The highest BCUT2D eigenvalue weighted by Gasteiger charge is 2.17. The van der Waals surface area contributed by atoms with E-state index in [9.17, 15) is 9.59 Å². The first-order valence-electron chi connectivity index (χ1n) is 16.7. The first kappa shape index (κ1) is 38.7. The molecule has 0 aromatic heterocycles. The van der Waals surface area contributed by atoms with E-state index in [1.807, 2.05) is 7.05 Å². The lowest BCUT2D eigenvalue weighted by molar-refractivity contribution is -0.144. The molecule has 0 fully saturated rings. The highest BCUT2D eigenvalue weighted by Crippen LogP contribution is 2.16. The molecule has 0 aromatic carbocycles. The van der Waals surface area contributed by atoms with Crippen LogP contribution >= 0.6 is 0 Å². The molecular weight excluding hydrogens is 506 g/mol. The number of hydrogen-bond acceptors (Lipinski definition) is 7. The zero-order valence-electron chi connectivity index (χ0n) is 26.9. The van der Waals surface area contributed by atoms with Gasteiger partial charge >= 0.3 is 12.1 Å². The lowest BCUT2D eigenvalue weighted by atomic mass is 10.0. The van der Waals surface area contributed by atoms with Gasteiger partial charge in [-0.05, 0) is 45.7 Å². The van der Waals surface area contributed by atoms with Crippen molar-refractivity contribution in [1.82, 2.24) is 4.90 Å². The van der Waals surface area contributed by atoms with Crippen molar-refractivity contribution in [2.45, 2.75) is 155 Å². The fourth-order valence-corrected chi connectivity index (χ4v) is 4.72. The zero-order chi connectivity index (χ0) is 29.5. The minimum Gasteiger partial charge on any atom is -0.466 e. The van der Waals surface area contributed by atoms with Gasteiger partial charge in [0.25, 0.3) is 0 Å². The molecule has 0 rings (SSSR count). The van der Waals surface area contributed by atoms with Crippen molar-refractivity contribution in [2.24, 2.45) is 0 Å². The van der Waals surface area contributed by atoms with Gasteiger partial charge in [-0.1, -0.05) is 104 Å². The van der Waals surface area contributed by atoms with E-state index in [1.54, 1.807) is 7.11 Å². The van der Waals surface area contributed by atoms with Gasteiger partial charge < -0.3 is 23.8 Å². The molecule has 0 N–H and O–H groups in total. The van der Waals surface area contributed by atoms with Crippen LogP contribution in [0.4, 0.5) is 4.79 Å². The maximum Gasteiger partial charge on any atom is 0.508 e. The predicted octanol–water partition coefficient (Wildman–Crippen LogP) is 8.86. The van der Waals surface area contributed by atoms with Gasteiger partial charge in [0.1, 0.15) is 6.10 Å². The fraction of sp³-hybridized carbons (Fsp3) is 0.939. The summed E-state index contributed by atoms with van der Waals surface area (Å²) in [7, 11) is 3.79. The zero-order valence-corrected chi connectivity index (χ0v) is 26.9. The second kappa shape index (κ2) is 30.6. The number of methoxy groups -OCH3 is 1. The summed E-state index contributed by atoms with van der Waals surface area (Å²) in [6, 6.07) is 0. The molecule has 0 radical (unpaired) electrons. The summed E-state index contributed by atoms with van der Waals surface area (Å²) in [4.78, 5) is 26.6. The summed E-state index contributed by atoms with van der Waals surface area (Å²) in [5, 5.41) is 0. The number of unbranched alkanes of at least 4 members (excludes halogenated alkanes) is 15. The van der Waals surface area contributed by atoms with Gasteiger partial charge in [-0.2, -0.15) is 0 Å². The van der Waals surface area contributed by atoms with Gasteiger partial charge in [-0.15, -0.1) is 0 Å². The van der Waals surface area contributed by atoms with Gasteiger partial charge in [0.2, 0.25) is 0 Å². The molecule has 0 saturated heterocycles. The molecule has 40 heavy (non-hydrogen) atoms. The van der Waals surface area contributed by atoms with Crippen LogP contribution in [-0.4, -0.2) is 70.2 Å². The third-order valence-electron chi connectivity index (χ3n) is 7.52. The van der Waals surface area contributed by atoms with E-state index >= 15 is 0 Å². The molecule has 7 nitrogen and oxygen atoms in total. The van der Waals surface area contributed by atoms with Crippen molar-refractivity contribution in [3.05, 3.63) is 0 Å². The monoisotopic (exact) mass is 571 g/mol. The second-order valence-electron chi connectivity index (χ2n) is 11.3. The topological polar surface area (TPSA) is 74.3 Å². The summed E-state index contributed by atoms with van der Waals surface area (Å²) in [6.07, 6.45) is 22.2. The Balaban J connectivity index is 4.17. The van der Waals surface area contributed by atoms with Crippen molar-refractivity contribution in [3.63, 3.8) is 0 Å². The normalized spacial score (nSPS) is 12.0. The quantitative estimate of drug-likeness (QED) is 0.0629. The molecule has 0 aliphatic heterocycles. The second-order valence-corrected chi connectivity index (χ2v) is 11.3. The van der Waals surface area contributed by atoms with E-state index in [0.717, 1.165) is 71.1 Å². The van der Waals surface area contributed by atoms with E-state index < -0.39 is 6.16 Å². The Kier molecular flexibility index (Phi) is 29.6. The molecule has 7 heteroatoms. The Labute approximate surface area is 247 Å². The third kappa shape index (κ3) is 28.2. The Morgan fingerprint density at radius 1 is 0.625 bits per heavy atom. The lowest BCUT2D eigenvalue weighted by Crippen LogP contribution is -2.23. The largest absolute Gasteiger partial charge is 0.508 e. The lowest BCUT2D eigenvalue weighted by Gasteiger charge is -2.18. The number of hydrogen-bond donors (Lipinski definition) is 0. The van der Waals surface area contributed by atoms with E-state index in [0.29, 0.717) is 19.4 Å². The standard InChI is InChI=1S/C33H65NO6/c1-5-7-8-9-10-11-12-14-17-20-24-31(40-33(36)39-29-23-27-34(3)6-2)26-30-38-32(35)25-21-18-15-13-16-19-22-28-37-4/h31H,5-30H2,1-4H3. The Hall–Kier alpha value is -1.34. The molecule has 238 valence electrons. The van der Waals surface area contributed by atoms with Crippen LogP contribution in [0.25, 0.3) is 0 Å². The van der Waals surface area contributed by atoms with Crippen molar-refractivity contribution < 1.29 is 28.5 Å². The first-order chi connectivity index (χ1) is 19.5. The Morgan fingerprint density at radius 3 is 1.80 bits per heavy atom. The van der Waals surface area contributed by atoms with Gasteiger partial charge in [0.05, 0.1) is 13.2 Å². The third-order valence-corrected chi connectivity index (χ3v) is 7.52. The number of ether oxygens (including phenoxy) is 4. The SMILES string of the molecule is CCCCCCCCCCCCC(CCOC(=O)CCCCCCCCCOC)OC(=O)OCCCN(C)CC. The average molecular weight is 572 g/mol. The number of carbonyl (C=O) groups is 2. The van der Waals surface area contributed by atoms with Crippen molar-refractivity contribution >= 4 is 12.1 Å². The van der Waals surface area contributed by atoms with Crippen LogP contribution in [0.2, 0.25) is 0 Å². The minimum absolute atomic E-state index is 0.152. The molecule has 0 bridgehead atoms. The van der Waals surface area contributed by atoms with Gasteiger partial charge in [-0.3, -0.25) is 4.79 Å². The maximum absolute atomic E-state index is 12.3. The smallest absolute Gasteiger partial charge is 0.466 e. The number of carbonyl (C=O) groups excluding carboxylic acids is 2. The van der Waals surface area contributed by atoms with Crippen LogP contribution in [0.5, 0.6) is 0 Å². The van der Waals surface area contributed by atoms with E-state index in [1.165, 1.54) is 70.6 Å². The molecule has 0 amide bonds. The van der Waals surface area contributed by atoms with E-state index in [-0.39, 0.29) is 18.7 Å². The average Bonchev–Trinajstić information content (AvgIpc) is 2.95. The van der Waals surface area contributed by atoms with E-state index in [2.05, 4.69) is 18.7 Å². The number of esters is 1. The van der Waals surface area contributed by atoms with Gasteiger partial charge in [-0.25, -0.2) is 4.79 Å². The molecule has 0 aliphatic rings. The first-order valence-corrected chi connectivity index (χ1v) is 16.7. The van der Waals surface area contributed by atoms with Gasteiger partial charge in [0.15, 0.2) is 0 Å². The van der Waals surface area contributed by atoms with Crippen molar-refractivity contribution in [2.75, 3.05) is 47.1 Å². The summed E-state index contributed by atoms with van der Waals surface area (Å²) >= 11 is 0. The maximum atomic E-state index is 12.3. The van der Waals surface area contributed by atoms with Crippen molar-refractivity contribution in [1.29, 1.82) is 0 Å². The van der Waals surface area contributed by atoms with Crippen LogP contribution in [0.3, 0.4) is 0 Å². The minimum atomic E-state index is -0.607. The predicted molar refractivity (Wildman–Crippen MR) is 165 cm³/mol. The Bertz CT molecular complexity index is 559. The summed E-state index contributed by atoms with van der Waals surface area (Å²) in [6.45, 7) is 7.70. The number of rotatable bonds is 30. The molecule has 1 atom stereocenters. The summed E-state index contributed by atoms with van der Waals surface area (Å²) in [5.41, 5.74) is 0. The van der Waals surface area contributed by atoms with E-state index in [4.69, 9.17) is 18.9 Å². The van der Waals surface area contributed by atoms with Crippen LogP contribution in [-0.2, 0) is 23.7 Å². The highest BCUT2D eigenvalue weighted by atomic mass is 16.7. The van der Waals surface area contributed by atoms with Crippen LogP contribution in [0.15, 0.2) is 0 Å². The van der Waals surface area contributed by atoms with Crippen LogP contribution < -0.4 is 0 Å². The number of nitrogens with zero attached hydrogens (tertiary/aromatic N) is 1. The molecule has 0 spiro atoms. The van der Waals surface area contributed by atoms with Crippen LogP contribution in [0.1, 0.15) is 149 Å².